The van der Waals surface area contributed by atoms with Gasteiger partial charge in [-0.05, 0) is 17.7 Å². The van der Waals surface area contributed by atoms with Crippen LogP contribution in [0.3, 0.4) is 0 Å². The van der Waals surface area contributed by atoms with E-state index in [1.54, 1.807) is 0 Å². The van der Waals surface area contributed by atoms with Crippen LogP contribution in [0.4, 0.5) is 0 Å². The highest BCUT2D eigenvalue weighted by atomic mass is 35.5. The molecule has 0 aromatic heterocycles. The van der Waals surface area contributed by atoms with E-state index in [9.17, 15) is 37.6 Å². The van der Waals surface area contributed by atoms with E-state index in [1.165, 1.54) is 0 Å². The summed E-state index contributed by atoms with van der Waals surface area (Å²) >= 11 is 6.96. The first kappa shape index (κ1) is 20.5. The van der Waals surface area contributed by atoms with E-state index in [0.717, 1.165) is 40.9 Å². The van der Waals surface area contributed by atoms with Crippen molar-refractivity contribution in [2.45, 2.75) is 16.7 Å². The van der Waals surface area contributed by atoms with Gasteiger partial charge in [0.2, 0.25) is 5.91 Å². The zero-order valence-electron chi connectivity index (χ0n) is 13.8. The summed E-state index contributed by atoms with van der Waals surface area (Å²) in [5, 5.41) is 17.9. The second-order valence-corrected chi connectivity index (χ2v) is 9.00. The minimum atomic E-state index is -4.89. The lowest BCUT2D eigenvalue weighted by molar-refractivity contribution is -0.150. The Labute approximate surface area is 167 Å². The number of halogens is 1. The van der Waals surface area contributed by atoms with Crippen LogP contribution < -0.4 is 5.32 Å². The summed E-state index contributed by atoms with van der Waals surface area (Å²) in [6.07, 6.45) is 0. The van der Waals surface area contributed by atoms with Gasteiger partial charge < -0.3 is 15.5 Å². The van der Waals surface area contributed by atoms with Crippen LogP contribution in [0.5, 0.6) is 5.75 Å². The number of fused-ring (bicyclic) bond motifs is 1. The second-order valence-electron chi connectivity index (χ2n) is 5.94. The molecule has 3 rings (SSSR count). The average molecular weight is 449 g/mol. The Morgan fingerprint density at radius 1 is 1.29 bits per heavy atom. The molecule has 1 aromatic carbocycles. The molecule has 4 N–H and O–H groups in total. The molecule has 0 spiro atoms. The molecule has 28 heavy (non-hydrogen) atoms. The molecule has 2 unspecified atom stereocenters. The number of phenols is 1. The molecule has 2 aliphatic heterocycles. The first-order valence-electron chi connectivity index (χ1n) is 7.64. The highest BCUT2D eigenvalue weighted by molar-refractivity contribution is 8.00. The molecule has 2 heterocycles. The van der Waals surface area contributed by atoms with E-state index >= 15 is 0 Å². The summed E-state index contributed by atoms with van der Waals surface area (Å²) in [7, 11) is -4.89. The molecule has 0 aliphatic carbocycles. The topological polar surface area (TPSA) is 161 Å². The Morgan fingerprint density at radius 3 is 2.43 bits per heavy atom. The maximum Gasteiger partial charge on any atom is 0.353 e. The van der Waals surface area contributed by atoms with Crippen molar-refractivity contribution in [2.24, 2.45) is 0 Å². The lowest BCUT2D eigenvalue weighted by atomic mass is 10.0. The van der Waals surface area contributed by atoms with Gasteiger partial charge in [-0.3, -0.25) is 19.0 Å². The molecule has 2 aliphatic rings. The Morgan fingerprint density at radius 2 is 1.89 bits per heavy atom. The van der Waals surface area contributed by atoms with Gasteiger partial charge in [0.15, 0.2) is 5.25 Å². The molecule has 0 saturated carbocycles. The number of aromatic hydroxyl groups is 1. The van der Waals surface area contributed by atoms with Crippen LogP contribution in [0.1, 0.15) is 10.8 Å². The summed E-state index contributed by atoms with van der Waals surface area (Å²) in [5.41, 5.74) is -0.502. The fourth-order valence-corrected chi connectivity index (χ4v) is 5.31. The first-order valence-corrected chi connectivity index (χ1v) is 10.6. The van der Waals surface area contributed by atoms with Crippen LogP contribution in [-0.4, -0.2) is 63.0 Å². The molecule has 3 atom stereocenters. The van der Waals surface area contributed by atoms with Crippen molar-refractivity contribution in [3.8, 4) is 5.75 Å². The van der Waals surface area contributed by atoms with Gasteiger partial charge >= 0.3 is 5.97 Å². The van der Waals surface area contributed by atoms with Crippen LogP contribution in [0, 0.1) is 0 Å². The zero-order valence-corrected chi connectivity index (χ0v) is 16.2. The van der Waals surface area contributed by atoms with Crippen molar-refractivity contribution >= 4 is 51.3 Å². The summed E-state index contributed by atoms with van der Waals surface area (Å²) in [5.74, 6) is -3.39. The molecular weight excluding hydrogens is 436 g/mol. The summed E-state index contributed by atoms with van der Waals surface area (Å²) in [6, 6.07) is 3.38. The molecular formula is C15H13ClN2O8S2. The van der Waals surface area contributed by atoms with Gasteiger partial charge in [0.05, 0.1) is 5.03 Å². The standard InChI is InChI=1S/C15H13ClN2O8S2/c16-8-5-27-14-9(13(21)18(14)10(8)15(22)23)17-12(20)11(28(24,25)26)6-1-3-7(19)4-2-6/h1-4,9,11,14,19H,5H2,(H,17,20)(H,22,23)(H,24,25,26)/t9?,11?,14-/m0/s1. The molecule has 1 aromatic rings. The largest absolute Gasteiger partial charge is 0.508 e. The molecule has 1 fully saturated rings. The van der Waals surface area contributed by atoms with Crippen molar-refractivity contribution < 1.29 is 37.6 Å². The minimum absolute atomic E-state index is 0.0215. The third-order valence-electron chi connectivity index (χ3n) is 4.15. The van der Waals surface area contributed by atoms with Crippen LogP contribution in [0.25, 0.3) is 0 Å². The number of carbonyl (C=O) groups is 3. The molecule has 0 bridgehead atoms. The Balaban J connectivity index is 1.83. The smallest absolute Gasteiger partial charge is 0.353 e. The fourth-order valence-electron chi connectivity index (χ4n) is 2.92. The van der Waals surface area contributed by atoms with Gasteiger partial charge in [-0.25, -0.2) is 4.79 Å². The third-order valence-corrected chi connectivity index (χ3v) is 6.99. The number of rotatable bonds is 5. The highest BCUT2D eigenvalue weighted by Crippen LogP contribution is 2.41. The quantitative estimate of drug-likeness (QED) is 0.365. The number of hydrogen-bond acceptors (Lipinski definition) is 7. The lowest BCUT2D eigenvalue weighted by Gasteiger charge is -2.48. The molecule has 13 heteroatoms. The van der Waals surface area contributed by atoms with E-state index in [4.69, 9.17) is 11.6 Å². The molecule has 150 valence electrons. The molecule has 0 radical (unpaired) electrons. The monoisotopic (exact) mass is 448 g/mol. The van der Waals surface area contributed by atoms with Gasteiger partial charge in [-0.2, -0.15) is 8.42 Å². The number of phenolic OH excluding ortho intramolecular Hbond substituents is 1. The van der Waals surface area contributed by atoms with Crippen LogP contribution in [0.15, 0.2) is 35.0 Å². The number of carboxylic acids is 1. The number of thioether (sulfide) groups is 1. The van der Waals surface area contributed by atoms with Crippen molar-refractivity contribution in [3.63, 3.8) is 0 Å². The van der Waals surface area contributed by atoms with Gasteiger partial charge in [-0.15, -0.1) is 11.8 Å². The maximum absolute atomic E-state index is 12.5. The predicted octanol–water partition coefficient (Wildman–Crippen LogP) is 0.256. The number of nitrogens with zero attached hydrogens (tertiary/aromatic N) is 1. The normalized spacial score (nSPS) is 22.9. The van der Waals surface area contributed by atoms with Gasteiger partial charge in [0.25, 0.3) is 16.0 Å². The van der Waals surface area contributed by atoms with Gasteiger partial charge in [-0.1, -0.05) is 23.7 Å². The zero-order chi connectivity index (χ0) is 20.8. The number of nitrogens with one attached hydrogen (secondary N) is 1. The van der Waals surface area contributed by atoms with Crippen LogP contribution in [0.2, 0.25) is 0 Å². The third kappa shape index (κ3) is 3.55. The van der Waals surface area contributed by atoms with E-state index in [0.29, 0.717) is 0 Å². The van der Waals surface area contributed by atoms with Crippen molar-refractivity contribution in [1.29, 1.82) is 0 Å². The number of hydrogen-bond donors (Lipinski definition) is 4. The lowest BCUT2D eigenvalue weighted by Crippen LogP contribution is -2.70. The summed E-state index contributed by atoms with van der Waals surface area (Å²) in [4.78, 5) is 37.1. The highest BCUT2D eigenvalue weighted by Gasteiger charge is 2.55. The van der Waals surface area contributed by atoms with Gasteiger partial charge in [0.1, 0.15) is 22.9 Å². The number of carbonyl (C=O) groups excluding carboxylic acids is 2. The van der Waals surface area contributed by atoms with Crippen molar-refractivity contribution in [1.82, 2.24) is 10.2 Å². The fraction of sp³-hybridized carbons (Fsp3) is 0.267. The van der Waals surface area contributed by atoms with E-state index in [1.807, 2.05) is 0 Å². The van der Waals surface area contributed by atoms with Gasteiger partial charge in [0, 0.05) is 5.75 Å². The number of β-lactam (4-membered cyclic amide) rings is 1. The molecule has 2 amide bonds. The Bertz CT molecular complexity index is 992. The molecule has 1 saturated heterocycles. The first-order chi connectivity index (χ1) is 13.0. The van der Waals surface area contributed by atoms with Crippen LogP contribution in [-0.2, 0) is 24.5 Å². The van der Waals surface area contributed by atoms with E-state index < -0.39 is 44.6 Å². The van der Waals surface area contributed by atoms with E-state index in [-0.39, 0.29) is 27.8 Å². The summed E-state index contributed by atoms with van der Waals surface area (Å²) in [6.45, 7) is 0. The van der Waals surface area contributed by atoms with Crippen molar-refractivity contribution in [2.75, 3.05) is 5.75 Å². The average Bonchev–Trinajstić information content (AvgIpc) is 2.60. The summed E-state index contributed by atoms with van der Waals surface area (Å²) < 4.78 is 32.9. The van der Waals surface area contributed by atoms with E-state index in [2.05, 4.69) is 5.32 Å². The second kappa shape index (κ2) is 7.28. The maximum atomic E-state index is 12.5. The van der Waals surface area contributed by atoms with Crippen LogP contribution >= 0.6 is 23.4 Å². The predicted molar refractivity (Wildman–Crippen MR) is 97.9 cm³/mol. The SMILES string of the molecule is O=C(O)C1=C(Cl)CS[C@H]2C(NC(=O)C(c3ccc(O)cc3)S(=O)(=O)O)C(=O)N12. The Hall–Kier alpha value is -2.28. The number of aliphatic carboxylic acids is 1. The minimum Gasteiger partial charge on any atom is -0.508 e. The Kier molecular flexibility index (Phi) is 5.32. The van der Waals surface area contributed by atoms with Crippen molar-refractivity contribution in [3.05, 3.63) is 40.6 Å². The number of carboxylic acid groups (broad SMARTS) is 1. The number of benzene rings is 1. The molecule has 10 nitrogen and oxygen atoms in total. The number of amides is 2.